The largest absolute Gasteiger partial charge is 0.496 e. The van der Waals surface area contributed by atoms with Crippen LogP contribution in [0.1, 0.15) is 22.8 Å². The number of aldehydes is 1. The van der Waals surface area contributed by atoms with Crippen molar-refractivity contribution in [1.82, 2.24) is 5.06 Å². The number of benzene rings is 2. The highest BCUT2D eigenvalue weighted by Gasteiger charge is 2.48. The number of aliphatic hydroxyl groups excluding tert-OH is 2. The van der Waals surface area contributed by atoms with E-state index in [1.807, 2.05) is 43.3 Å². The molecule has 1 aliphatic heterocycles. The molecule has 0 radical (unpaired) electrons. The molecule has 4 atom stereocenters. The Labute approximate surface area is 193 Å². The zero-order valence-corrected chi connectivity index (χ0v) is 19.3. The summed E-state index contributed by atoms with van der Waals surface area (Å²) in [4.78, 5) is 31.5. The molecule has 0 bridgehead atoms. The Hall–Kier alpha value is -2.98. The number of primary amides is 1. The van der Waals surface area contributed by atoms with Gasteiger partial charge in [-0.15, -0.1) is 0 Å². The minimum atomic E-state index is -0.922. The first-order chi connectivity index (χ1) is 15.7. The van der Waals surface area contributed by atoms with Crippen LogP contribution in [0.5, 0.6) is 5.75 Å². The topological polar surface area (TPSA) is 126 Å². The number of nitrogens with zero attached hydrogens (tertiary/aromatic N) is 2. The number of amides is 1. The minimum Gasteiger partial charge on any atom is -0.496 e. The fourth-order valence-electron chi connectivity index (χ4n) is 4.36. The maximum atomic E-state index is 12.2. The third-order valence-corrected chi connectivity index (χ3v) is 5.93. The lowest BCUT2D eigenvalue weighted by atomic mass is 9.89. The van der Waals surface area contributed by atoms with Crippen LogP contribution >= 0.6 is 0 Å². The summed E-state index contributed by atoms with van der Waals surface area (Å²) in [6.07, 6.45) is -0.870. The van der Waals surface area contributed by atoms with E-state index in [4.69, 9.17) is 15.3 Å². The molecule has 1 amide bonds. The second kappa shape index (κ2) is 10.3. The van der Waals surface area contributed by atoms with E-state index < -0.39 is 30.1 Å². The van der Waals surface area contributed by atoms with Crippen molar-refractivity contribution < 1.29 is 29.4 Å². The van der Waals surface area contributed by atoms with Crippen molar-refractivity contribution in [2.75, 3.05) is 32.7 Å². The molecule has 2 unspecified atom stereocenters. The number of rotatable bonds is 9. The number of ether oxygens (including phenoxy) is 1. The fourth-order valence-corrected chi connectivity index (χ4v) is 4.36. The third kappa shape index (κ3) is 5.01. The second-order valence-electron chi connectivity index (χ2n) is 8.39. The van der Waals surface area contributed by atoms with Gasteiger partial charge in [-0.1, -0.05) is 18.2 Å². The van der Waals surface area contributed by atoms with Crippen LogP contribution in [-0.2, 0) is 16.2 Å². The zero-order valence-electron chi connectivity index (χ0n) is 19.3. The van der Waals surface area contributed by atoms with E-state index in [9.17, 15) is 19.8 Å². The van der Waals surface area contributed by atoms with Crippen molar-refractivity contribution in [3.8, 4) is 16.9 Å². The molecule has 4 N–H and O–H groups in total. The van der Waals surface area contributed by atoms with Gasteiger partial charge in [-0.05, 0) is 30.7 Å². The molecule has 1 heterocycles. The summed E-state index contributed by atoms with van der Waals surface area (Å²) in [5.74, 6) is -0.770. The molecule has 2 aromatic rings. The van der Waals surface area contributed by atoms with Gasteiger partial charge in [0.2, 0.25) is 5.91 Å². The number of hydrogen-bond donors (Lipinski definition) is 3. The van der Waals surface area contributed by atoms with E-state index in [1.54, 1.807) is 26.2 Å². The molecular weight excluding hydrogens is 426 g/mol. The summed E-state index contributed by atoms with van der Waals surface area (Å²) in [7, 11) is 5.34. The van der Waals surface area contributed by atoms with Gasteiger partial charge in [-0.25, -0.2) is 0 Å². The Morgan fingerprint density at radius 2 is 2.06 bits per heavy atom. The number of para-hydroxylation sites is 1. The van der Waals surface area contributed by atoms with E-state index >= 15 is 0 Å². The van der Waals surface area contributed by atoms with Gasteiger partial charge in [0.15, 0.2) is 0 Å². The summed E-state index contributed by atoms with van der Waals surface area (Å²) in [6.45, 7) is 1.32. The third-order valence-electron chi connectivity index (χ3n) is 5.93. The van der Waals surface area contributed by atoms with E-state index in [2.05, 4.69) is 0 Å². The molecule has 0 aromatic heterocycles. The van der Waals surface area contributed by atoms with Crippen molar-refractivity contribution in [3.05, 3.63) is 47.5 Å². The van der Waals surface area contributed by atoms with E-state index in [0.29, 0.717) is 16.9 Å². The predicted octanol–water partition coefficient (Wildman–Crippen LogP) is 1.20. The normalized spacial score (nSPS) is 21.6. The minimum absolute atomic E-state index is 0.137. The lowest BCUT2D eigenvalue weighted by molar-refractivity contribution is -0.181. The zero-order chi connectivity index (χ0) is 24.3. The number of nitrogens with two attached hydrogens (primary N) is 1. The van der Waals surface area contributed by atoms with Gasteiger partial charge in [0, 0.05) is 42.4 Å². The van der Waals surface area contributed by atoms with Gasteiger partial charge in [0.25, 0.3) is 0 Å². The van der Waals surface area contributed by atoms with Crippen molar-refractivity contribution in [1.29, 1.82) is 0 Å². The Morgan fingerprint density at radius 3 is 2.61 bits per heavy atom. The van der Waals surface area contributed by atoms with Crippen LogP contribution in [0, 0.1) is 5.92 Å². The van der Waals surface area contributed by atoms with E-state index in [0.717, 1.165) is 23.1 Å². The maximum absolute atomic E-state index is 12.2. The van der Waals surface area contributed by atoms with Gasteiger partial charge in [-0.3, -0.25) is 14.4 Å². The number of hydroxylamine groups is 2. The molecule has 0 saturated carbocycles. The van der Waals surface area contributed by atoms with Crippen LogP contribution in [0.3, 0.4) is 0 Å². The molecule has 0 aliphatic carbocycles. The average molecular weight is 458 g/mol. The van der Waals surface area contributed by atoms with Gasteiger partial charge in [0.05, 0.1) is 26.4 Å². The fraction of sp³-hybridized carbons (Fsp3) is 0.417. The molecule has 2 aromatic carbocycles. The number of hydrogen-bond acceptors (Lipinski definition) is 8. The maximum Gasteiger partial charge on any atom is 0.237 e. The van der Waals surface area contributed by atoms with Crippen LogP contribution in [0.15, 0.2) is 36.4 Å². The molecule has 0 spiro atoms. The van der Waals surface area contributed by atoms with Crippen molar-refractivity contribution >= 4 is 17.9 Å². The van der Waals surface area contributed by atoms with Gasteiger partial charge in [0.1, 0.15) is 24.2 Å². The predicted molar refractivity (Wildman–Crippen MR) is 124 cm³/mol. The first-order valence-electron chi connectivity index (χ1n) is 10.7. The van der Waals surface area contributed by atoms with Crippen LogP contribution in [0.2, 0.25) is 0 Å². The van der Waals surface area contributed by atoms with Crippen molar-refractivity contribution in [2.45, 2.75) is 31.7 Å². The molecule has 178 valence electrons. The van der Waals surface area contributed by atoms with Crippen LogP contribution in [0.25, 0.3) is 11.1 Å². The summed E-state index contributed by atoms with van der Waals surface area (Å²) in [5, 5.41) is 21.3. The van der Waals surface area contributed by atoms with Crippen LogP contribution < -0.4 is 15.4 Å². The quantitative estimate of drug-likeness (QED) is 0.480. The first kappa shape index (κ1) is 24.7. The highest BCUT2D eigenvalue weighted by Crippen LogP contribution is 2.38. The standard InChI is InChI=1S/C24H31N3O6/c1-14(30)21-20(13-29)33-27(22(21)24(25)31)11-16-6-5-7-19(23(16)32-4)17-8-15(12-28)9-18(10-17)26(2)3/h5-10,12,14,20-22,29-30H,11,13H2,1-4H3,(H2,25,31)/t14-,20-,21?,22?/m0/s1. The molecule has 9 heteroatoms. The second-order valence-corrected chi connectivity index (χ2v) is 8.39. The molecule has 9 nitrogen and oxygen atoms in total. The van der Waals surface area contributed by atoms with E-state index in [-0.39, 0.29) is 13.2 Å². The number of methoxy groups -OCH3 is 1. The van der Waals surface area contributed by atoms with Crippen molar-refractivity contribution in [2.24, 2.45) is 11.7 Å². The summed E-state index contributed by atoms with van der Waals surface area (Å²) in [6, 6.07) is 10.2. The van der Waals surface area contributed by atoms with E-state index in [1.165, 1.54) is 5.06 Å². The lowest BCUT2D eigenvalue weighted by Gasteiger charge is -2.25. The Balaban J connectivity index is 2.03. The smallest absolute Gasteiger partial charge is 0.237 e. The first-order valence-corrected chi connectivity index (χ1v) is 10.7. The molecule has 3 rings (SSSR count). The average Bonchev–Trinajstić information content (AvgIpc) is 3.17. The number of carbonyl (C=O) groups is 2. The Morgan fingerprint density at radius 1 is 1.33 bits per heavy atom. The molecule has 33 heavy (non-hydrogen) atoms. The summed E-state index contributed by atoms with van der Waals surface area (Å²) in [5.41, 5.74) is 9.31. The Kier molecular flexibility index (Phi) is 7.70. The van der Waals surface area contributed by atoms with Gasteiger partial charge in [-0.2, -0.15) is 5.06 Å². The molecular formula is C24H31N3O6. The van der Waals surface area contributed by atoms with Crippen LogP contribution in [0.4, 0.5) is 5.69 Å². The molecule has 1 aliphatic rings. The summed E-state index contributed by atoms with van der Waals surface area (Å²) < 4.78 is 5.74. The van der Waals surface area contributed by atoms with Gasteiger partial charge < -0.3 is 25.6 Å². The summed E-state index contributed by atoms with van der Waals surface area (Å²) >= 11 is 0. The highest BCUT2D eigenvalue weighted by molar-refractivity contribution is 5.84. The molecule has 1 saturated heterocycles. The number of anilines is 1. The number of aliphatic hydroxyl groups is 2. The van der Waals surface area contributed by atoms with Crippen molar-refractivity contribution in [3.63, 3.8) is 0 Å². The SMILES string of the molecule is COc1c(CN2O[C@@H](CO)C([C@H](C)O)C2C(N)=O)cccc1-c1cc(C=O)cc(N(C)C)c1. The highest BCUT2D eigenvalue weighted by atomic mass is 16.7. The Bertz CT molecular complexity index is 1010. The lowest BCUT2D eigenvalue weighted by Crippen LogP contribution is -2.47. The number of carbonyl (C=O) groups excluding carboxylic acids is 2. The van der Waals surface area contributed by atoms with Crippen LogP contribution in [-0.4, -0.2) is 73.5 Å². The van der Waals surface area contributed by atoms with Gasteiger partial charge >= 0.3 is 0 Å². The monoisotopic (exact) mass is 457 g/mol. The molecule has 1 fully saturated rings.